The molecule has 204 valence electrons. The quantitative estimate of drug-likeness (QED) is 0.303. The average Bonchev–Trinajstić information content (AvgIpc) is 3.35. The van der Waals surface area contributed by atoms with Crippen molar-refractivity contribution in [3.63, 3.8) is 0 Å². The average molecular weight is 533 g/mol. The first-order chi connectivity index (χ1) is 19.5. The number of nitrogens with one attached hydrogen (secondary N) is 1. The number of fused-ring (bicyclic) bond motifs is 1. The standard InChI is InChI=1S/C35H37N3O2/c1-23(39)22-37-12-9-27(10-13-37)32(35(40)36-31-5-3-2-4-6-31)21-24-7-8-33-28(16-24)11-14-38(33)34-29-17-25-15-26(19-29)20-30(34)18-25/h2-10,12-13,16,21,25-26,29-30,34H,11,14-15,17-20,22H2,1H3/p+1. The van der Waals surface area contributed by atoms with E-state index >= 15 is 0 Å². The Morgan fingerprint density at radius 2 is 1.62 bits per heavy atom. The summed E-state index contributed by atoms with van der Waals surface area (Å²) in [6.07, 6.45) is 14.1. The summed E-state index contributed by atoms with van der Waals surface area (Å²) in [5.74, 6) is 3.67. The van der Waals surface area contributed by atoms with Gasteiger partial charge in [-0.05, 0) is 109 Å². The van der Waals surface area contributed by atoms with Crippen LogP contribution < -0.4 is 14.8 Å². The number of pyridine rings is 1. The van der Waals surface area contributed by atoms with Gasteiger partial charge in [0.2, 0.25) is 6.54 Å². The molecule has 1 aliphatic heterocycles. The largest absolute Gasteiger partial charge is 0.367 e. The van der Waals surface area contributed by atoms with Gasteiger partial charge in [-0.2, -0.15) is 4.57 Å². The molecule has 4 fully saturated rings. The SMILES string of the molecule is CC(=O)C[n+]1ccc(/C(=C/c2ccc3c(c2)CCN3C2C3CC4CC(C3)CC2C4)C(=O)Nc2ccccc2)cc1. The number of benzene rings is 2. The second kappa shape index (κ2) is 10.3. The van der Waals surface area contributed by atoms with Crippen molar-refractivity contribution < 1.29 is 14.2 Å². The molecule has 0 saturated heterocycles. The molecule has 4 aliphatic carbocycles. The summed E-state index contributed by atoms with van der Waals surface area (Å²) < 4.78 is 1.84. The Balaban J connectivity index is 1.18. The molecule has 1 N–H and O–H groups in total. The van der Waals surface area contributed by atoms with Gasteiger partial charge in [-0.3, -0.25) is 9.59 Å². The zero-order valence-electron chi connectivity index (χ0n) is 23.3. The fourth-order valence-electron chi connectivity index (χ4n) is 8.42. The van der Waals surface area contributed by atoms with Crippen LogP contribution in [-0.2, 0) is 22.6 Å². The highest BCUT2D eigenvalue weighted by Gasteiger charge is 2.50. The first kappa shape index (κ1) is 25.3. The number of carbonyl (C=O) groups excluding carboxylic acids is 2. The van der Waals surface area contributed by atoms with Crippen molar-refractivity contribution in [3.8, 4) is 0 Å². The summed E-state index contributed by atoms with van der Waals surface area (Å²) >= 11 is 0. The van der Waals surface area contributed by atoms with E-state index in [-0.39, 0.29) is 11.7 Å². The van der Waals surface area contributed by atoms with Gasteiger partial charge in [-0.15, -0.1) is 0 Å². The maximum absolute atomic E-state index is 13.6. The summed E-state index contributed by atoms with van der Waals surface area (Å²) in [4.78, 5) is 27.9. The zero-order chi connectivity index (χ0) is 27.2. The first-order valence-corrected chi connectivity index (χ1v) is 15.0. The van der Waals surface area contributed by atoms with Crippen molar-refractivity contribution in [1.82, 2.24) is 0 Å². The van der Waals surface area contributed by atoms with Gasteiger partial charge in [0.05, 0.1) is 0 Å². The molecule has 2 aromatic carbocycles. The van der Waals surface area contributed by atoms with Crippen molar-refractivity contribution in [3.05, 3.63) is 89.7 Å². The predicted molar refractivity (Wildman–Crippen MR) is 159 cm³/mol. The Bertz CT molecular complexity index is 1430. The van der Waals surface area contributed by atoms with Crippen molar-refractivity contribution in [2.45, 2.75) is 58.0 Å². The number of hydrogen-bond acceptors (Lipinski definition) is 3. The minimum atomic E-state index is -0.147. The van der Waals surface area contributed by atoms with E-state index in [1.54, 1.807) is 6.92 Å². The zero-order valence-corrected chi connectivity index (χ0v) is 23.3. The van der Waals surface area contributed by atoms with Crippen molar-refractivity contribution >= 4 is 34.7 Å². The van der Waals surface area contributed by atoms with Crippen LogP contribution in [0.3, 0.4) is 0 Å². The van der Waals surface area contributed by atoms with Gasteiger partial charge < -0.3 is 10.2 Å². The summed E-state index contributed by atoms with van der Waals surface area (Å²) in [5, 5.41) is 3.06. The van der Waals surface area contributed by atoms with E-state index in [2.05, 4.69) is 28.4 Å². The third-order valence-electron chi connectivity index (χ3n) is 9.77. The molecule has 40 heavy (non-hydrogen) atoms. The van der Waals surface area contributed by atoms with Gasteiger partial charge in [0.25, 0.3) is 5.91 Å². The Morgan fingerprint density at radius 3 is 2.30 bits per heavy atom. The van der Waals surface area contributed by atoms with Gasteiger partial charge in [-0.1, -0.05) is 24.3 Å². The summed E-state index contributed by atoms with van der Waals surface area (Å²) in [6, 6.07) is 20.9. The second-order valence-electron chi connectivity index (χ2n) is 12.6. The van der Waals surface area contributed by atoms with E-state index in [1.807, 2.05) is 65.5 Å². The highest BCUT2D eigenvalue weighted by molar-refractivity contribution is 6.29. The Hall–Kier alpha value is -3.73. The molecule has 5 nitrogen and oxygen atoms in total. The van der Waals surface area contributed by atoms with E-state index < -0.39 is 0 Å². The highest BCUT2D eigenvalue weighted by Crippen LogP contribution is 2.56. The number of Topliss-reactive ketones (excluding diaryl/α,β-unsaturated/α-hetero) is 1. The van der Waals surface area contributed by atoms with Crippen LogP contribution in [0.25, 0.3) is 11.6 Å². The lowest BCUT2D eigenvalue weighted by Crippen LogP contribution is -2.55. The molecule has 5 aliphatic rings. The minimum Gasteiger partial charge on any atom is -0.367 e. The molecular formula is C35H38N3O2+. The number of carbonyl (C=O) groups is 2. The Kier molecular flexibility index (Phi) is 6.53. The second-order valence-corrected chi connectivity index (χ2v) is 12.6. The Labute approximate surface area is 236 Å². The molecule has 5 heteroatoms. The lowest BCUT2D eigenvalue weighted by atomic mass is 9.54. The monoisotopic (exact) mass is 532 g/mol. The fraction of sp³-hybridized carbons (Fsp3) is 0.400. The van der Waals surface area contributed by atoms with E-state index in [0.717, 1.165) is 53.5 Å². The number of ketones is 1. The molecule has 1 amide bonds. The molecule has 0 spiro atoms. The van der Waals surface area contributed by atoms with Crippen LogP contribution in [0, 0.1) is 23.7 Å². The van der Waals surface area contributed by atoms with E-state index in [4.69, 9.17) is 0 Å². The van der Waals surface area contributed by atoms with Crippen LogP contribution in [-0.4, -0.2) is 24.3 Å². The van der Waals surface area contributed by atoms with Crippen molar-refractivity contribution in [1.29, 1.82) is 0 Å². The fourth-order valence-corrected chi connectivity index (χ4v) is 8.42. The maximum Gasteiger partial charge on any atom is 0.256 e. The number of amides is 1. The highest BCUT2D eigenvalue weighted by atomic mass is 16.1. The van der Waals surface area contributed by atoms with Gasteiger partial charge in [0.1, 0.15) is 0 Å². The maximum atomic E-state index is 13.6. The minimum absolute atomic E-state index is 0.0937. The predicted octanol–water partition coefficient (Wildman–Crippen LogP) is 5.93. The van der Waals surface area contributed by atoms with E-state index in [0.29, 0.717) is 18.2 Å². The number of rotatable bonds is 7. The number of anilines is 2. The smallest absolute Gasteiger partial charge is 0.256 e. The molecular weight excluding hydrogens is 494 g/mol. The number of hydrogen-bond donors (Lipinski definition) is 1. The lowest BCUT2D eigenvalue weighted by Gasteiger charge is -2.57. The topological polar surface area (TPSA) is 53.3 Å². The normalized spacial score (nSPS) is 26.6. The third-order valence-corrected chi connectivity index (χ3v) is 9.77. The van der Waals surface area contributed by atoms with E-state index in [9.17, 15) is 9.59 Å². The third kappa shape index (κ3) is 4.87. The van der Waals surface area contributed by atoms with Crippen LogP contribution in [0.1, 0.15) is 55.7 Å². The summed E-state index contributed by atoms with van der Waals surface area (Å²) in [7, 11) is 0. The molecule has 3 aromatic rings. The number of para-hydroxylation sites is 1. The summed E-state index contributed by atoms with van der Waals surface area (Å²) in [6.45, 7) is 3.02. The van der Waals surface area contributed by atoms with Crippen LogP contribution in [0.15, 0.2) is 73.1 Å². The van der Waals surface area contributed by atoms with E-state index in [1.165, 1.54) is 43.4 Å². The molecule has 8 rings (SSSR count). The van der Waals surface area contributed by atoms with Crippen LogP contribution >= 0.6 is 0 Å². The first-order valence-electron chi connectivity index (χ1n) is 15.0. The molecule has 0 radical (unpaired) electrons. The van der Waals surface area contributed by atoms with Gasteiger partial charge in [0, 0.05) is 48.6 Å². The molecule has 0 atom stereocenters. The van der Waals surface area contributed by atoms with Gasteiger partial charge >= 0.3 is 0 Å². The molecule has 1 aromatic heterocycles. The Morgan fingerprint density at radius 1 is 0.925 bits per heavy atom. The van der Waals surface area contributed by atoms with Crippen LogP contribution in [0.4, 0.5) is 11.4 Å². The van der Waals surface area contributed by atoms with Crippen molar-refractivity contribution in [2.75, 3.05) is 16.8 Å². The van der Waals surface area contributed by atoms with Gasteiger partial charge in [-0.25, -0.2) is 0 Å². The number of nitrogens with zero attached hydrogens (tertiary/aromatic N) is 2. The van der Waals surface area contributed by atoms with Gasteiger partial charge in [0.15, 0.2) is 18.2 Å². The van der Waals surface area contributed by atoms with Crippen LogP contribution in [0.2, 0.25) is 0 Å². The molecule has 4 bridgehead atoms. The van der Waals surface area contributed by atoms with Crippen LogP contribution in [0.5, 0.6) is 0 Å². The van der Waals surface area contributed by atoms with Crippen molar-refractivity contribution in [2.24, 2.45) is 23.7 Å². The molecule has 4 saturated carbocycles. The summed E-state index contributed by atoms with van der Waals surface area (Å²) in [5.41, 5.74) is 6.05. The molecule has 2 heterocycles. The molecule has 0 unspecified atom stereocenters. The number of aromatic nitrogens is 1. The lowest BCUT2D eigenvalue weighted by molar-refractivity contribution is -0.684.